The van der Waals surface area contributed by atoms with Crippen LogP contribution in [0.2, 0.25) is 0 Å². The van der Waals surface area contributed by atoms with Crippen molar-refractivity contribution >= 4 is 23.9 Å². The SMILES string of the molecule is CC(=O)OC[C@@]1(C)[C@@H]2CC[C@]3(C)[C@H](C[C@@H](F)[C@]45OC(=O)[C@@]6(CC[C@@H](C)[C@H](C)[C@H]64)CC[C@]53C)[C@@]2(C)C[C@@H](OC(C)=O)[C@@H]1OC(C)=O. The minimum Gasteiger partial charge on any atom is -0.465 e. The first-order valence-corrected chi connectivity index (χ1v) is 17.2. The van der Waals surface area contributed by atoms with Crippen molar-refractivity contribution in [1.29, 1.82) is 0 Å². The first-order chi connectivity index (χ1) is 20.8. The van der Waals surface area contributed by atoms with Gasteiger partial charge in [-0.25, -0.2) is 4.39 Å². The topological polar surface area (TPSA) is 105 Å². The summed E-state index contributed by atoms with van der Waals surface area (Å²) in [7, 11) is 0. The number of halogens is 1. The summed E-state index contributed by atoms with van der Waals surface area (Å²) in [4.78, 5) is 51.0. The van der Waals surface area contributed by atoms with Gasteiger partial charge in [-0.05, 0) is 85.9 Å². The highest BCUT2D eigenvalue weighted by Gasteiger charge is 2.84. The average molecular weight is 633 g/mol. The Morgan fingerprint density at radius 2 is 1.56 bits per heavy atom. The van der Waals surface area contributed by atoms with Crippen LogP contribution in [0, 0.1) is 56.7 Å². The standard InChI is InChI=1S/C36H53FO8/c1-19-10-13-35-15-14-34(9)33(8)12-11-25-31(6,26(33)16-27(37)36(34,45-30(35)41)28(35)20(19)2)17-24(43-22(4)39)29(44-23(5)40)32(25,7)18-42-21(3)38/h19-20,24-29H,10-18H2,1-9H3/t19-,20+,24-,25-,26-,27-,28-,29+,31+,32+,33-,34+,35+,36+/m1/s1. The number of ether oxygens (including phenoxy) is 4. The van der Waals surface area contributed by atoms with E-state index in [-0.39, 0.29) is 42.7 Å². The maximum Gasteiger partial charge on any atom is 0.313 e. The normalized spacial score (nSPS) is 53.1. The van der Waals surface area contributed by atoms with Crippen LogP contribution >= 0.6 is 0 Å². The Bertz CT molecular complexity index is 1300. The van der Waals surface area contributed by atoms with Gasteiger partial charge in [0, 0.05) is 37.5 Å². The molecule has 6 fully saturated rings. The summed E-state index contributed by atoms with van der Waals surface area (Å²) in [5, 5.41) is 0. The molecule has 0 aromatic carbocycles. The number of esters is 4. The van der Waals surface area contributed by atoms with Crippen LogP contribution in [-0.4, -0.2) is 54.5 Å². The Balaban J connectivity index is 1.48. The first kappa shape index (κ1) is 32.7. The van der Waals surface area contributed by atoms with Gasteiger partial charge < -0.3 is 18.9 Å². The highest BCUT2D eigenvalue weighted by atomic mass is 19.1. The molecule has 0 aromatic heterocycles. The maximum absolute atomic E-state index is 17.7. The van der Waals surface area contributed by atoms with E-state index in [9.17, 15) is 19.2 Å². The smallest absolute Gasteiger partial charge is 0.313 e. The maximum atomic E-state index is 17.7. The molecule has 14 atom stereocenters. The van der Waals surface area contributed by atoms with Crippen LogP contribution in [-0.2, 0) is 38.1 Å². The molecule has 1 aliphatic heterocycles. The number of alkyl halides is 1. The van der Waals surface area contributed by atoms with Crippen LogP contribution in [0.4, 0.5) is 4.39 Å². The van der Waals surface area contributed by atoms with Gasteiger partial charge in [0.1, 0.15) is 25.0 Å². The zero-order valence-electron chi connectivity index (χ0n) is 28.6. The van der Waals surface area contributed by atoms with E-state index in [0.717, 1.165) is 38.5 Å². The van der Waals surface area contributed by atoms with Crippen molar-refractivity contribution in [2.24, 2.45) is 56.7 Å². The number of carbonyl (C=O) groups excluding carboxylic acids is 4. The molecule has 45 heavy (non-hydrogen) atoms. The fourth-order valence-corrected chi connectivity index (χ4v) is 13.1. The second-order valence-corrected chi connectivity index (χ2v) is 17.0. The molecule has 9 heteroatoms. The van der Waals surface area contributed by atoms with Gasteiger partial charge in [0.15, 0.2) is 5.60 Å². The zero-order chi connectivity index (χ0) is 33.1. The molecule has 6 rings (SSSR count). The fraction of sp³-hybridized carbons (Fsp3) is 0.889. The third-order valence-corrected chi connectivity index (χ3v) is 15.2. The molecule has 0 amide bonds. The molecule has 2 bridgehead atoms. The lowest BCUT2D eigenvalue weighted by Crippen LogP contribution is -2.77. The van der Waals surface area contributed by atoms with Gasteiger partial charge in [-0.1, -0.05) is 41.5 Å². The second-order valence-electron chi connectivity index (χ2n) is 17.0. The van der Waals surface area contributed by atoms with Gasteiger partial charge in [0.25, 0.3) is 0 Å². The van der Waals surface area contributed by atoms with E-state index in [0.29, 0.717) is 12.3 Å². The van der Waals surface area contributed by atoms with Crippen molar-refractivity contribution in [2.45, 2.75) is 138 Å². The largest absolute Gasteiger partial charge is 0.465 e. The Morgan fingerprint density at radius 1 is 0.889 bits per heavy atom. The molecule has 1 heterocycles. The monoisotopic (exact) mass is 632 g/mol. The lowest BCUT2D eigenvalue weighted by atomic mass is 9.30. The quantitative estimate of drug-likeness (QED) is 0.260. The van der Waals surface area contributed by atoms with Crippen LogP contribution in [0.5, 0.6) is 0 Å². The highest BCUT2D eigenvalue weighted by Crippen LogP contribution is 2.81. The molecule has 1 spiro atoms. The Hall–Kier alpha value is -2.19. The van der Waals surface area contributed by atoms with Gasteiger partial charge in [0.2, 0.25) is 0 Å². The second kappa shape index (κ2) is 10.2. The van der Waals surface area contributed by atoms with Gasteiger partial charge in [-0.2, -0.15) is 0 Å². The predicted octanol–water partition coefficient (Wildman–Crippen LogP) is 6.37. The van der Waals surface area contributed by atoms with Crippen molar-refractivity contribution in [2.75, 3.05) is 6.61 Å². The van der Waals surface area contributed by atoms with Crippen molar-refractivity contribution in [1.82, 2.24) is 0 Å². The summed E-state index contributed by atoms with van der Waals surface area (Å²) < 4.78 is 41.7. The molecule has 5 aliphatic carbocycles. The Kier molecular flexibility index (Phi) is 7.39. The van der Waals surface area contributed by atoms with E-state index >= 15 is 4.39 Å². The Labute approximate surface area is 267 Å². The zero-order valence-corrected chi connectivity index (χ0v) is 28.6. The number of carbonyl (C=O) groups is 4. The average Bonchev–Trinajstić information content (AvgIpc) is 3.15. The molecule has 8 nitrogen and oxygen atoms in total. The van der Waals surface area contributed by atoms with Crippen molar-refractivity contribution in [3.05, 3.63) is 0 Å². The molecular formula is C36H53FO8. The van der Waals surface area contributed by atoms with E-state index in [2.05, 4.69) is 34.6 Å². The van der Waals surface area contributed by atoms with Gasteiger partial charge >= 0.3 is 23.9 Å². The van der Waals surface area contributed by atoms with Gasteiger partial charge in [-0.3, -0.25) is 19.2 Å². The third-order valence-electron chi connectivity index (χ3n) is 15.2. The first-order valence-electron chi connectivity index (χ1n) is 17.2. The van der Waals surface area contributed by atoms with Crippen molar-refractivity contribution < 1.29 is 42.5 Å². The number of rotatable bonds is 4. The van der Waals surface area contributed by atoms with Crippen molar-refractivity contribution in [3.63, 3.8) is 0 Å². The van der Waals surface area contributed by atoms with Gasteiger partial charge in [-0.15, -0.1) is 0 Å². The van der Waals surface area contributed by atoms with E-state index in [1.165, 1.54) is 20.8 Å². The Morgan fingerprint density at radius 3 is 2.18 bits per heavy atom. The van der Waals surface area contributed by atoms with E-state index in [1.807, 2.05) is 6.92 Å². The molecule has 6 aliphatic rings. The van der Waals surface area contributed by atoms with Gasteiger partial charge in [0.05, 0.1) is 5.41 Å². The molecule has 252 valence electrons. The van der Waals surface area contributed by atoms with E-state index < -0.39 is 69.0 Å². The highest BCUT2D eigenvalue weighted by molar-refractivity contribution is 5.82. The van der Waals surface area contributed by atoms with E-state index in [1.54, 1.807) is 0 Å². The molecule has 0 N–H and O–H groups in total. The lowest BCUT2D eigenvalue weighted by Gasteiger charge is -2.74. The third kappa shape index (κ3) is 3.99. The molecular weight excluding hydrogens is 579 g/mol. The van der Waals surface area contributed by atoms with E-state index in [4.69, 9.17) is 18.9 Å². The molecule has 0 radical (unpaired) electrons. The number of fused-ring (bicyclic) bond motifs is 4. The number of hydrogen-bond acceptors (Lipinski definition) is 8. The van der Waals surface area contributed by atoms with Crippen LogP contribution in [0.15, 0.2) is 0 Å². The summed E-state index contributed by atoms with van der Waals surface area (Å²) in [6, 6.07) is 0. The molecule has 0 aromatic rings. The summed E-state index contributed by atoms with van der Waals surface area (Å²) in [6.45, 7) is 17.1. The summed E-state index contributed by atoms with van der Waals surface area (Å²) in [6.07, 6.45) is 2.31. The van der Waals surface area contributed by atoms with Crippen molar-refractivity contribution in [3.8, 4) is 0 Å². The molecule has 5 saturated carbocycles. The summed E-state index contributed by atoms with van der Waals surface area (Å²) in [5.41, 5.74) is -4.24. The van der Waals surface area contributed by atoms with Crippen LogP contribution in [0.1, 0.15) is 114 Å². The minimum absolute atomic E-state index is 0.0143. The molecule has 1 saturated heterocycles. The van der Waals surface area contributed by atoms with Crippen LogP contribution < -0.4 is 0 Å². The fourth-order valence-electron chi connectivity index (χ4n) is 13.1. The molecule has 0 unspecified atom stereocenters. The summed E-state index contributed by atoms with van der Waals surface area (Å²) in [5.74, 6) is -1.53. The van der Waals surface area contributed by atoms with Crippen LogP contribution in [0.25, 0.3) is 0 Å². The lowest BCUT2D eigenvalue weighted by molar-refractivity contribution is -0.319. The van der Waals surface area contributed by atoms with Crippen LogP contribution in [0.3, 0.4) is 0 Å². The predicted molar refractivity (Wildman–Crippen MR) is 162 cm³/mol. The number of hydrogen-bond donors (Lipinski definition) is 0. The minimum atomic E-state index is -1.35. The summed E-state index contributed by atoms with van der Waals surface area (Å²) >= 11 is 0.